The van der Waals surface area contributed by atoms with E-state index in [1.54, 1.807) is 6.92 Å². The summed E-state index contributed by atoms with van der Waals surface area (Å²) in [6, 6.07) is 3.00. The summed E-state index contributed by atoms with van der Waals surface area (Å²) >= 11 is 0. The van der Waals surface area contributed by atoms with Gasteiger partial charge >= 0.3 is 5.97 Å². The minimum atomic E-state index is -3.91. The Morgan fingerprint density at radius 1 is 1.32 bits per heavy atom. The summed E-state index contributed by atoms with van der Waals surface area (Å²) in [5, 5.41) is 3.23. The van der Waals surface area contributed by atoms with Gasteiger partial charge in [0.2, 0.25) is 10.0 Å². The van der Waals surface area contributed by atoms with Crippen molar-refractivity contribution in [2.75, 3.05) is 26.2 Å². The molecule has 2 N–H and O–H groups in total. The maximum atomic E-state index is 13.7. The third-order valence-corrected chi connectivity index (χ3v) is 5.57. The lowest BCUT2D eigenvalue weighted by Crippen LogP contribution is -2.42. The Hall–Kier alpha value is -1.22. The highest BCUT2D eigenvalue weighted by Crippen LogP contribution is 2.27. The van der Waals surface area contributed by atoms with Crippen LogP contribution in [0, 0.1) is 11.2 Å². The van der Waals surface area contributed by atoms with Crippen molar-refractivity contribution in [2.24, 2.45) is 5.41 Å². The van der Waals surface area contributed by atoms with E-state index in [0.29, 0.717) is 0 Å². The van der Waals surface area contributed by atoms with Gasteiger partial charge in [0.25, 0.3) is 0 Å². The number of benzene rings is 1. The zero-order chi connectivity index (χ0) is 17.8. The van der Waals surface area contributed by atoms with Crippen LogP contribution in [0.2, 0.25) is 0 Å². The van der Waals surface area contributed by atoms with Crippen LogP contribution in [0.15, 0.2) is 23.1 Å². The Labute approximate surface area is 154 Å². The number of piperidine rings is 1. The van der Waals surface area contributed by atoms with Crippen molar-refractivity contribution in [1.82, 2.24) is 10.0 Å². The molecule has 0 atom stereocenters. The van der Waals surface area contributed by atoms with Crippen molar-refractivity contribution < 1.29 is 22.3 Å². The summed E-state index contributed by atoms with van der Waals surface area (Å²) in [4.78, 5) is 11.4. The molecule has 25 heavy (non-hydrogen) atoms. The third kappa shape index (κ3) is 5.91. The summed E-state index contributed by atoms with van der Waals surface area (Å²) < 4.78 is 46.0. The van der Waals surface area contributed by atoms with E-state index < -0.39 is 21.8 Å². The first-order valence-corrected chi connectivity index (χ1v) is 9.42. The average molecular weight is 395 g/mol. The summed E-state index contributed by atoms with van der Waals surface area (Å²) in [5.41, 5.74) is -0.263. The minimum Gasteiger partial charge on any atom is -0.462 e. The van der Waals surface area contributed by atoms with Gasteiger partial charge in [-0.15, -0.1) is 12.4 Å². The van der Waals surface area contributed by atoms with Crippen LogP contribution in [0.1, 0.15) is 37.0 Å². The van der Waals surface area contributed by atoms with Gasteiger partial charge in [0.15, 0.2) is 0 Å². The molecular weight excluding hydrogens is 371 g/mol. The quantitative estimate of drug-likeness (QED) is 0.722. The summed E-state index contributed by atoms with van der Waals surface area (Å²) in [7, 11) is -3.91. The fourth-order valence-corrected chi connectivity index (χ4v) is 3.86. The van der Waals surface area contributed by atoms with Crippen LogP contribution in [-0.2, 0) is 14.8 Å². The molecular formula is C16H24ClFN2O4S. The molecule has 0 aromatic heterocycles. The van der Waals surface area contributed by atoms with Gasteiger partial charge in [-0.1, -0.05) is 6.92 Å². The van der Waals surface area contributed by atoms with Crippen molar-refractivity contribution in [3.05, 3.63) is 29.6 Å². The molecule has 0 radical (unpaired) electrons. The van der Waals surface area contributed by atoms with E-state index in [9.17, 15) is 17.6 Å². The van der Waals surface area contributed by atoms with Crippen molar-refractivity contribution in [1.29, 1.82) is 0 Å². The van der Waals surface area contributed by atoms with Gasteiger partial charge in [-0.05, 0) is 56.5 Å². The van der Waals surface area contributed by atoms with Crippen LogP contribution in [0.25, 0.3) is 0 Å². The predicted molar refractivity (Wildman–Crippen MR) is 95.0 cm³/mol. The zero-order valence-corrected chi connectivity index (χ0v) is 15.9. The number of esters is 1. The number of hydrogen-bond donors (Lipinski definition) is 2. The van der Waals surface area contributed by atoms with E-state index in [0.717, 1.165) is 44.1 Å². The van der Waals surface area contributed by atoms with Crippen molar-refractivity contribution >= 4 is 28.4 Å². The highest BCUT2D eigenvalue weighted by atomic mass is 35.5. The Morgan fingerprint density at radius 2 is 1.96 bits per heavy atom. The van der Waals surface area contributed by atoms with Crippen molar-refractivity contribution in [3.8, 4) is 0 Å². The number of nitrogens with one attached hydrogen (secondary N) is 2. The first kappa shape index (κ1) is 21.8. The second kappa shape index (κ2) is 8.93. The lowest BCUT2D eigenvalue weighted by Gasteiger charge is -2.34. The van der Waals surface area contributed by atoms with Crippen LogP contribution >= 0.6 is 12.4 Å². The number of halogens is 2. The first-order valence-electron chi connectivity index (χ1n) is 7.94. The largest absolute Gasteiger partial charge is 0.462 e. The standard InChI is InChI=1S/C16H23FN2O4S.ClH/c1-3-23-15(20)12-8-13(17)10-14(9-12)24(21,22)19-11-16(2)4-6-18-7-5-16;/h8-10,18-19H,3-7,11H2,1-2H3;1H. The molecule has 6 nitrogen and oxygen atoms in total. The molecule has 0 bridgehead atoms. The lowest BCUT2D eigenvalue weighted by atomic mass is 9.81. The molecule has 1 fully saturated rings. The smallest absolute Gasteiger partial charge is 0.338 e. The van der Waals surface area contributed by atoms with Gasteiger partial charge in [0.05, 0.1) is 17.1 Å². The Morgan fingerprint density at radius 3 is 2.56 bits per heavy atom. The zero-order valence-electron chi connectivity index (χ0n) is 14.3. The highest BCUT2D eigenvalue weighted by molar-refractivity contribution is 7.89. The first-order chi connectivity index (χ1) is 11.3. The molecule has 1 aliphatic heterocycles. The normalized spacial score (nSPS) is 16.8. The molecule has 1 aromatic rings. The second-order valence-electron chi connectivity index (χ2n) is 6.28. The highest BCUT2D eigenvalue weighted by Gasteiger charge is 2.29. The fraction of sp³-hybridized carbons (Fsp3) is 0.562. The van der Waals surface area contributed by atoms with Crippen LogP contribution in [0.3, 0.4) is 0 Å². The van der Waals surface area contributed by atoms with Gasteiger partial charge in [-0.25, -0.2) is 22.3 Å². The molecule has 0 aliphatic carbocycles. The number of sulfonamides is 1. The average Bonchev–Trinajstić information content (AvgIpc) is 2.54. The van der Waals surface area contributed by atoms with Crippen LogP contribution in [-0.4, -0.2) is 40.6 Å². The van der Waals surface area contributed by atoms with Gasteiger partial charge in [-0.3, -0.25) is 0 Å². The molecule has 1 heterocycles. The van der Waals surface area contributed by atoms with E-state index in [2.05, 4.69) is 10.0 Å². The SMILES string of the molecule is CCOC(=O)c1cc(F)cc(S(=O)(=O)NCC2(C)CCNCC2)c1.Cl. The van der Waals surface area contributed by atoms with E-state index in [4.69, 9.17) is 4.74 Å². The Bertz CT molecular complexity index is 706. The Kier molecular flexibility index (Phi) is 7.80. The van der Waals surface area contributed by atoms with E-state index in [-0.39, 0.29) is 41.4 Å². The fourth-order valence-electron chi connectivity index (χ4n) is 2.61. The van der Waals surface area contributed by atoms with Crippen LogP contribution < -0.4 is 10.0 Å². The number of carbonyl (C=O) groups is 1. The monoisotopic (exact) mass is 394 g/mol. The molecule has 1 aliphatic rings. The molecule has 1 aromatic carbocycles. The molecule has 2 rings (SSSR count). The van der Waals surface area contributed by atoms with Crippen LogP contribution in [0.5, 0.6) is 0 Å². The van der Waals surface area contributed by atoms with E-state index in [1.807, 2.05) is 6.92 Å². The Balaban J connectivity index is 0.00000312. The maximum absolute atomic E-state index is 13.7. The van der Waals surface area contributed by atoms with Crippen molar-refractivity contribution in [3.63, 3.8) is 0 Å². The van der Waals surface area contributed by atoms with Gasteiger partial charge in [0.1, 0.15) is 5.82 Å². The summed E-state index contributed by atoms with van der Waals surface area (Å²) in [6.45, 7) is 5.71. The van der Waals surface area contributed by atoms with Gasteiger partial charge < -0.3 is 10.1 Å². The van der Waals surface area contributed by atoms with E-state index in [1.165, 1.54) is 0 Å². The second-order valence-corrected chi connectivity index (χ2v) is 8.05. The number of rotatable bonds is 6. The summed E-state index contributed by atoms with van der Waals surface area (Å²) in [5.74, 6) is -1.55. The molecule has 0 amide bonds. The molecule has 1 saturated heterocycles. The number of ether oxygens (including phenoxy) is 1. The van der Waals surface area contributed by atoms with E-state index >= 15 is 0 Å². The van der Waals surface area contributed by atoms with Crippen LogP contribution in [0.4, 0.5) is 4.39 Å². The molecule has 0 unspecified atom stereocenters. The van der Waals surface area contributed by atoms with Gasteiger partial charge in [0, 0.05) is 6.54 Å². The number of hydrogen-bond acceptors (Lipinski definition) is 5. The topological polar surface area (TPSA) is 84.5 Å². The molecule has 0 saturated carbocycles. The maximum Gasteiger partial charge on any atom is 0.338 e. The molecule has 9 heteroatoms. The van der Waals surface area contributed by atoms with Gasteiger partial charge in [-0.2, -0.15) is 0 Å². The lowest BCUT2D eigenvalue weighted by molar-refractivity contribution is 0.0525. The third-order valence-electron chi connectivity index (χ3n) is 4.19. The summed E-state index contributed by atoms with van der Waals surface area (Å²) in [6.07, 6.45) is 1.71. The molecule has 142 valence electrons. The predicted octanol–water partition coefficient (Wildman–Crippen LogP) is 2.09. The minimum absolute atomic E-state index is 0. The van der Waals surface area contributed by atoms with Crippen molar-refractivity contribution in [2.45, 2.75) is 31.6 Å². The molecule has 0 spiro atoms. The number of carbonyl (C=O) groups excluding carboxylic acids is 1.